The summed E-state index contributed by atoms with van der Waals surface area (Å²) in [5.41, 5.74) is 0.926. The maximum atomic E-state index is 12.4. The van der Waals surface area contributed by atoms with Crippen LogP contribution >= 0.6 is 0 Å². The number of rotatable bonds is 2. The number of carbonyl (C=O) groups excluding carboxylic acids is 1. The summed E-state index contributed by atoms with van der Waals surface area (Å²) in [6.07, 6.45) is 2.00. The maximum Gasteiger partial charge on any atom is 0.410 e. The van der Waals surface area contributed by atoms with Gasteiger partial charge in [0, 0.05) is 26.2 Å². The zero-order chi connectivity index (χ0) is 15.8. The van der Waals surface area contributed by atoms with Crippen molar-refractivity contribution in [1.82, 2.24) is 9.80 Å². The van der Waals surface area contributed by atoms with Crippen molar-refractivity contribution < 1.29 is 9.53 Å². The zero-order valence-corrected chi connectivity index (χ0v) is 13.8. The van der Waals surface area contributed by atoms with Gasteiger partial charge >= 0.3 is 6.09 Å². The van der Waals surface area contributed by atoms with Crippen LogP contribution in [0.5, 0.6) is 0 Å². The van der Waals surface area contributed by atoms with Crippen LogP contribution in [0.25, 0.3) is 0 Å². The van der Waals surface area contributed by atoms with E-state index in [1.807, 2.05) is 31.7 Å². The molecule has 0 aromatic heterocycles. The van der Waals surface area contributed by atoms with E-state index in [0.717, 1.165) is 39.0 Å². The van der Waals surface area contributed by atoms with Gasteiger partial charge < -0.3 is 9.64 Å². The molecule has 0 bridgehead atoms. The van der Waals surface area contributed by atoms with Gasteiger partial charge in [0.05, 0.1) is 5.54 Å². The van der Waals surface area contributed by atoms with Gasteiger partial charge in [0.15, 0.2) is 0 Å². The summed E-state index contributed by atoms with van der Waals surface area (Å²) >= 11 is 0. The highest BCUT2D eigenvalue weighted by Crippen LogP contribution is 2.40. The molecule has 1 aromatic rings. The molecule has 0 radical (unpaired) electrons. The predicted molar refractivity (Wildman–Crippen MR) is 86.6 cm³/mol. The topological polar surface area (TPSA) is 32.8 Å². The predicted octanol–water partition coefficient (Wildman–Crippen LogP) is 3.27. The van der Waals surface area contributed by atoms with E-state index in [1.165, 1.54) is 5.56 Å². The Bertz CT molecular complexity index is 538. The van der Waals surface area contributed by atoms with E-state index in [0.29, 0.717) is 0 Å². The molecule has 2 aliphatic heterocycles. The molecule has 0 saturated carbocycles. The van der Waals surface area contributed by atoms with Gasteiger partial charge in [0.25, 0.3) is 0 Å². The average Bonchev–Trinajstić information content (AvgIpc) is 2.83. The lowest BCUT2D eigenvalue weighted by Crippen LogP contribution is -2.64. The van der Waals surface area contributed by atoms with Crippen molar-refractivity contribution in [2.45, 2.75) is 51.3 Å². The Hall–Kier alpha value is -1.55. The molecule has 4 heteroatoms. The summed E-state index contributed by atoms with van der Waals surface area (Å²) in [5.74, 6) is 0. The molecule has 3 rings (SSSR count). The summed E-state index contributed by atoms with van der Waals surface area (Å²) in [7, 11) is 0. The molecular weight excluding hydrogens is 276 g/mol. The second kappa shape index (κ2) is 5.58. The average molecular weight is 302 g/mol. The Labute approximate surface area is 133 Å². The number of likely N-dealkylation sites (tertiary alicyclic amines) is 2. The Morgan fingerprint density at radius 3 is 2.45 bits per heavy atom. The molecule has 120 valence electrons. The smallest absolute Gasteiger partial charge is 0.410 e. The zero-order valence-electron chi connectivity index (χ0n) is 13.8. The monoisotopic (exact) mass is 302 g/mol. The van der Waals surface area contributed by atoms with E-state index >= 15 is 0 Å². The van der Waals surface area contributed by atoms with Crippen LogP contribution in [-0.2, 0) is 11.3 Å². The van der Waals surface area contributed by atoms with E-state index in [-0.39, 0.29) is 11.6 Å². The molecule has 2 heterocycles. The molecule has 1 spiro atoms. The first-order chi connectivity index (χ1) is 10.4. The van der Waals surface area contributed by atoms with Crippen LogP contribution in [0.1, 0.15) is 39.2 Å². The molecule has 1 aromatic carbocycles. The molecular formula is C18H26N2O2. The first kappa shape index (κ1) is 15.3. The minimum absolute atomic E-state index is 0.0110. The third-order valence-corrected chi connectivity index (χ3v) is 4.65. The minimum Gasteiger partial charge on any atom is -0.444 e. The Balaban J connectivity index is 1.60. The normalized spacial score (nSPS) is 25.3. The van der Waals surface area contributed by atoms with E-state index < -0.39 is 5.60 Å². The highest BCUT2D eigenvalue weighted by molar-refractivity contribution is 5.70. The van der Waals surface area contributed by atoms with Crippen molar-refractivity contribution in [2.24, 2.45) is 0 Å². The first-order valence-corrected chi connectivity index (χ1v) is 8.15. The van der Waals surface area contributed by atoms with Gasteiger partial charge in [-0.05, 0) is 39.2 Å². The number of ether oxygens (including phenoxy) is 1. The Morgan fingerprint density at radius 1 is 1.18 bits per heavy atom. The number of benzene rings is 1. The molecule has 2 saturated heterocycles. The van der Waals surface area contributed by atoms with E-state index in [1.54, 1.807) is 0 Å². The van der Waals surface area contributed by atoms with E-state index in [2.05, 4.69) is 29.2 Å². The van der Waals surface area contributed by atoms with Crippen molar-refractivity contribution >= 4 is 6.09 Å². The lowest BCUT2D eigenvalue weighted by Gasteiger charge is -2.50. The van der Waals surface area contributed by atoms with Crippen LogP contribution < -0.4 is 0 Å². The second-order valence-corrected chi connectivity index (χ2v) is 7.55. The fourth-order valence-corrected chi connectivity index (χ4v) is 3.48. The highest BCUT2D eigenvalue weighted by Gasteiger charge is 2.52. The van der Waals surface area contributed by atoms with Crippen LogP contribution in [0.15, 0.2) is 30.3 Å². The largest absolute Gasteiger partial charge is 0.444 e. The molecule has 1 atom stereocenters. The van der Waals surface area contributed by atoms with Crippen molar-refractivity contribution in [2.75, 3.05) is 19.6 Å². The number of nitrogens with zero attached hydrogens (tertiary/aromatic N) is 2. The number of carbonyl (C=O) groups is 1. The quantitative estimate of drug-likeness (QED) is 0.840. The van der Waals surface area contributed by atoms with Crippen LogP contribution in [-0.4, -0.2) is 46.7 Å². The van der Waals surface area contributed by atoms with Crippen molar-refractivity contribution in [3.63, 3.8) is 0 Å². The van der Waals surface area contributed by atoms with Crippen molar-refractivity contribution in [3.8, 4) is 0 Å². The summed E-state index contributed by atoms with van der Waals surface area (Å²) in [6, 6.07) is 10.5. The number of amides is 1. The van der Waals surface area contributed by atoms with Gasteiger partial charge in [-0.1, -0.05) is 30.3 Å². The third-order valence-electron chi connectivity index (χ3n) is 4.65. The second-order valence-electron chi connectivity index (χ2n) is 7.55. The van der Waals surface area contributed by atoms with Crippen LogP contribution in [0.2, 0.25) is 0 Å². The van der Waals surface area contributed by atoms with Gasteiger partial charge in [-0.3, -0.25) is 4.90 Å². The van der Waals surface area contributed by atoms with Crippen molar-refractivity contribution in [1.29, 1.82) is 0 Å². The lowest BCUT2D eigenvalue weighted by atomic mass is 9.84. The SMILES string of the molecule is CC(C)(C)OC(=O)N1CC[C@]12CCN(Cc1ccccc1)C2. The third kappa shape index (κ3) is 3.12. The molecule has 0 aliphatic carbocycles. The first-order valence-electron chi connectivity index (χ1n) is 8.15. The van der Waals surface area contributed by atoms with Gasteiger partial charge in [-0.25, -0.2) is 4.79 Å². The fraction of sp³-hybridized carbons (Fsp3) is 0.611. The fourth-order valence-electron chi connectivity index (χ4n) is 3.48. The van der Waals surface area contributed by atoms with Crippen LogP contribution in [0, 0.1) is 0 Å². The van der Waals surface area contributed by atoms with Gasteiger partial charge in [-0.15, -0.1) is 0 Å². The highest BCUT2D eigenvalue weighted by atomic mass is 16.6. The maximum absolute atomic E-state index is 12.4. The number of hydrogen-bond acceptors (Lipinski definition) is 3. The van der Waals surface area contributed by atoms with Crippen LogP contribution in [0.3, 0.4) is 0 Å². The van der Waals surface area contributed by atoms with E-state index in [9.17, 15) is 4.79 Å². The standard InChI is InChI=1S/C18H26N2O2/c1-17(2,3)22-16(21)20-12-10-18(20)9-11-19(14-18)13-15-7-5-4-6-8-15/h4-8H,9-14H2,1-3H3/t18-/m0/s1. The lowest BCUT2D eigenvalue weighted by molar-refractivity contribution is -0.0406. The summed E-state index contributed by atoms with van der Waals surface area (Å²) in [5, 5.41) is 0. The Kier molecular flexibility index (Phi) is 3.89. The number of hydrogen-bond donors (Lipinski definition) is 0. The molecule has 22 heavy (non-hydrogen) atoms. The van der Waals surface area contributed by atoms with E-state index in [4.69, 9.17) is 4.74 Å². The molecule has 0 N–H and O–H groups in total. The summed E-state index contributed by atoms with van der Waals surface area (Å²) < 4.78 is 5.55. The summed E-state index contributed by atoms with van der Waals surface area (Å²) in [4.78, 5) is 16.8. The molecule has 2 fully saturated rings. The molecule has 1 amide bonds. The van der Waals surface area contributed by atoms with Gasteiger partial charge in [0.2, 0.25) is 0 Å². The molecule has 2 aliphatic rings. The minimum atomic E-state index is -0.420. The summed E-state index contributed by atoms with van der Waals surface area (Å²) in [6.45, 7) is 9.57. The van der Waals surface area contributed by atoms with Crippen LogP contribution in [0.4, 0.5) is 4.79 Å². The molecule has 0 unspecified atom stereocenters. The van der Waals surface area contributed by atoms with Gasteiger partial charge in [-0.2, -0.15) is 0 Å². The molecule has 4 nitrogen and oxygen atoms in total. The Morgan fingerprint density at radius 2 is 1.86 bits per heavy atom. The van der Waals surface area contributed by atoms with Gasteiger partial charge in [0.1, 0.15) is 5.60 Å². The van der Waals surface area contributed by atoms with Crippen molar-refractivity contribution in [3.05, 3.63) is 35.9 Å².